The predicted molar refractivity (Wildman–Crippen MR) is 113 cm³/mol. The molecular formula is C21H25N3O8. The van der Waals surface area contributed by atoms with Crippen LogP contribution in [0.25, 0.3) is 0 Å². The highest BCUT2D eigenvalue weighted by atomic mass is 16.6. The quantitative estimate of drug-likeness (QED) is 0.447. The Bertz CT molecular complexity index is 962. The van der Waals surface area contributed by atoms with Gasteiger partial charge in [0.2, 0.25) is 12.1 Å². The zero-order valence-corrected chi connectivity index (χ0v) is 18.0. The molecule has 1 aliphatic rings. The number of rotatable bonds is 6. The standard InChI is InChI=1S/C21H25N3O8/c1-21(2)19(23(27)28)17(11-5-7-13(25)15(9-11)31-3)22-18(20(21)24(29)30)12-6-8-14(26)16(10-12)32-4/h5-10,17-20,22,25-26H,1-4H3/t17-,18+,19+,20-. The molecular weight excluding hydrogens is 422 g/mol. The van der Waals surface area contributed by atoms with E-state index in [0.29, 0.717) is 11.1 Å². The van der Waals surface area contributed by atoms with Crippen LogP contribution in [-0.2, 0) is 0 Å². The first kappa shape index (κ1) is 23.1. The Hall–Kier alpha value is -3.60. The van der Waals surface area contributed by atoms with E-state index in [0.717, 1.165) is 0 Å². The lowest BCUT2D eigenvalue weighted by Crippen LogP contribution is -2.63. The number of benzene rings is 2. The van der Waals surface area contributed by atoms with Gasteiger partial charge in [-0.1, -0.05) is 12.1 Å². The van der Waals surface area contributed by atoms with Gasteiger partial charge in [-0.3, -0.25) is 25.5 Å². The number of aromatic hydroxyl groups is 2. The minimum absolute atomic E-state index is 0.128. The first-order chi connectivity index (χ1) is 15.0. The SMILES string of the molecule is COc1cc([C@H]2N[C@@H](c3ccc(O)c(OC)c3)[C@@H]([N+](=O)[O-])C(C)(C)[C@H]2[N+](=O)[O-])ccc1O. The lowest BCUT2D eigenvalue weighted by atomic mass is 9.66. The molecule has 11 nitrogen and oxygen atoms in total. The normalized spacial score (nSPS) is 24.5. The van der Waals surface area contributed by atoms with E-state index in [1.165, 1.54) is 64.5 Å². The number of hydrogen-bond donors (Lipinski definition) is 3. The van der Waals surface area contributed by atoms with Crippen molar-refractivity contribution in [2.24, 2.45) is 5.41 Å². The fourth-order valence-corrected chi connectivity index (χ4v) is 4.53. The molecule has 3 N–H and O–H groups in total. The summed E-state index contributed by atoms with van der Waals surface area (Å²) in [5, 5.41) is 47.2. The highest BCUT2D eigenvalue weighted by Crippen LogP contribution is 2.48. The van der Waals surface area contributed by atoms with Crippen molar-refractivity contribution < 1.29 is 29.5 Å². The molecule has 1 fully saturated rings. The summed E-state index contributed by atoms with van der Waals surface area (Å²) in [6, 6.07) is 4.11. The van der Waals surface area contributed by atoms with Gasteiger partial charge in [0.05, 0.1) is 14.2 Å². The van der Waals surface area contributed by atoms with E-state index in [9.17, 15) is 30.4 Å². The number of hydrogen-bond acceptors (Lipinski definition) is 9. The number of methoxy groups -OCH3 is 2. The average Bonchev–Trinajstić information content (AvgIpc) is 2.72. The number of phenolic OH excluding ortho intramolecular Hbond substituents is 2. The van der Waals surface area contributed by atoms with Crippen LogP contribution in [-0.4, -0.2) is 46.4 Å². The molecule has 2 aromatic carbocycles. The predicted octanol–water partition coefficient (Wildman–Crippen LogP) is 2.82. The van der Waals surface area contributed by atoms with Gasteiger partial charge in [0.25, 0.3) is 0 Å². The minimum atomic E-state index is -1.39. The molecule has 0 saturated carbocycles. The van der Waals surface area contributed by atoms with Crippen LogP contribution in [0.2, 0.25) is 0 Å². The lowest BCUT2D eigenvalue weighted by Gasteiger charge is -2.44. The number of piperidine rings is 1. The second kappa shape index (κ2) is 8.50. The Labute approximate surface area is 183 Å². The molecule has 4 atom stereocenters. The van der Waals surface area contributed by atoms with Gasteiger partial charge in [-0.25, -0.2) is 0 Å². The zero-order valence-electron chi connectivity index (χ0n) is 18.0. The maximum atomic E-state index is 12.1. The van der Waals surface area contributed by atoms with Crippen LogP contribution >= 0.6 is 0 Å². The average molecular weight is 447 g/mol. The third-order valence-electron chi connectivity index (χ3n) is 6.10. The van der Waals surface area contributed by atoms with E-state index in [1.54, 1.807) is 0 Å². The Balaban J connectivity index is 2.20. The van der Waals surface area contributed by atoms with Crippen LogP contribution in [0.4, 0.5) is 0 Å². The largest absolute Gasteiger partial charge is 0.504 e. The second-order valence-electron chi connectivity index (χ2n) is 8.27. The summed E-state index contributed by atoms with van der Waals surface area (Å²) >= 11 is 0. The molecule has 0 unspecified atom stereocenters. The Kier molecular flexibility index (Phi) is 6.13. The second-order valence-corrected chi connectivity index (χ2v) is 8.27. The highest BCUT2D eigenvalue weighted by molar-refractivity contribution is 5.45. The van der Waals surface area contributed by atoms with Gasteiger partial charge in [0.1, 0.15) is 17.5 Å². The Morgan fingerprint density at radius 3 is 1.53 bits per heavy atom. The molecule has 3 rings (SSSR count). The number of nitro groups is 2. The summed E-state index contributed by atoms with van der Waals surface area (Å²) in [4.78, 5) is 23.3. The summed E-state index contributed by atoms with van der Waals surface area (Å²) in [6.45, 7) is 3.01. The Morgan fingerprint density at radius 1 is 0.844 bits per heavy atom. The fourth-order valence-electron chi connectivity index (χ4n) is 4.53. The molecule has 0 spiro atoms. The van der Waals surface area contributed by atoms with E-state index in [4.69, 9.17) is 9.47 Å². The molecule has 0 aromatic heterocycles. The van der Waals surface area contributed by atoms with Crippen molar-refractivity contribution in [3.8, 4) is 23.0 Å². The number of nitrogens with one attached hydrogen (secondary N) is 1. The van der Waals surface area contributed by atoms with E-state index in [2.05, 4.69) is 5.32 Å². The molecule has 0 amide bonds. The third-order valence-corrected chi connectivity index (χ3v) is 6.10. The molecule has 11 heteroatoms. The summed E-state index contributed by atoms with van der Waals surface area (Å²) in [6.07, 6.45) is 0. The van der Waals surface area contributed by atoms with Crippen LogP contribution in [0, 0.1) is 25.6 Å². The van der Waals surface area contributed by atoms with Crippen molar-refractivity contribution in [2.75, 3.05) is 14.2 Å². The third kappa shape index (κ3) is 3.86. The van der Waals surface area contributed by atoms with Crippen molar-refractivity contribution in [2.45, 2.75) is 38.0 Å². The maximum Gasteiger partial charge on any atom is 0.243 e. The summed E-state index contributed by atoms with van der Waals surface area (Å²) in [7, 11) is 2.71. The molecule has 0 bridgehead atoms. The van der Waals surface area contributed by atoms with Crippen molar-refractivity contribution in [3.05, 3.63) is 67.8 Å². The van der Waals surface area contributed by atoms with Crippen LogP contribution in [0.1, 0.15) is 37.1 Å². The molecule has 1 aliphatic heterocycles. The first-order valence-electron chi connectivity index (χ1n) is 9.79. The van der Waals surface area contributed by atoms with Gasteiger partial charge in [-0.05, 0) is 49.2 Å². The summed E-state index contributed by atoms with van der Waals surface area (Å²) < 4.78 is 10.3. The van der Waals surface area contributed by atoms with Crippen molar-refractivity contribution >= 4 is 0 Å². The van der Waals surface area contributed by atoms with Crippen LogP contribution < -0.4 is 14.8 Å². The van der Waals surface area contributed by atoms with Gasteiger partial charge >= 0.3 is 0 Å². The van der Waals surface area contributed by atoms with Gasteiger partial charge in [-0.2, -0.15) is 0 Å². The smallest absolute Gasteiger partial charge is 0.243 e. The fraction of sp³-hybridized carbons (Fsp3) is 0.429. The zero-order chi connectivity index (χ0) is 23.8. The number of ether oxygens (including phenoxy) is 2. The van der Waals surface area contributed by atoms with E-state index in [-0.39, 0.29) is 23.0 Å². The number of nitrogens with zero attached hydrogens (tertiary/aromatic N) is 2. The highest BCUT2D eigenvalue weighted by Gasteiger charge is 2.63. The molecule has 0 aliphatic carbocycles. The van der Waals surface area contributed by atoms with Gasteiger partial charge < -0.3 is 19.7 Å². The van der Waals surface area contributed by atoms with Crippen molar-refractivity contribution in [1.82, 2.24) is 5.32 Å². The minimum Gasteiger partial charge on any atom is -0.504 e. The molecule has 1 saturated heterocycles. The molecule has 2 aromatic rings. The van der Waals surface area contributed by atoms with E-state index in [1.807, 2.05) is 0 Å². The molecule has 32 heavy (non-hydrogen) atoms. The molecule has 172 valence electrons. The summed E-state index contributed by atoms with van der Waals surface area (Å²) in [5.41, 5.74) is -0.511. The summed E-state index contributed by atoms with van der Waals surface area (Å²) in [5.74, 6) is -0.00848. The first-order valence-corrected chi connectivity index (χ1v) is 9.79. The van der Waals surface area contributed by atoms with Crippen LogP contribution in [0.3, 0.4) is 0 Å². The topological polar surface area (TPSA) is 157 Å². The molecule has 0 radical (unpaired) electrons. The monoisotopic (exact) mass is 447 g/mol. The van der Waals surface area contributed by atoms with E-state index < -0.39 is 39.4 Å². The van der Waals surface area contributed by atoms with Crippen LogP contribution in [0.15, 0.2) is 36.4 Å². The van der Waals surface area contributed by atoms with Crippen molar-refractivity contribution in [1.29, 1.82) is 0 Å². The van der Waals surface area contributed by atoms with Crippen molar-refractivity contribution in [3.63, 3.8) is 0 Å². The Morgan fingerprint density at radius 2 is 1.22 bits per heavy atom. The van der Waals surface area contributed by atoms with Gasteiger partial charge in [0, 0.05) is 9.85 Å². The van der Waals surface area contributed by atoms with Gasteiger partial charge in [-0.15, -0.1) is 0 Å². The van der Waals surface area contributed by atoms with E-state index >= 15 is 0 Å². The lowest BCUT2D eigenvalue weighted by molar-refractivity contribution is -0.605. The van der Waals surface area contributed by atoms with Crippen LogP contribution in [0.5, 0.6) is 23.0 Å². The van der Waals surface area contributed by atoms with Gasteiger partial charge in [0.15, 0.2) is 23.0 Å². The number of phenols is 2. The maximum absolute atomic E-state index is 12.1. The molecule has 1 heterocycles.